The Hall–Kier alpha value is -2.17. The van der Waals surface area contributed by atoms with Gasteiger partial charge in [-0.1, -0.05) is 18.7 Å². The number of rotatable bonds is 8. The van der Waals surface area contributed by atoms with Crippen LogP contribution >= 0.6 is 34.4 Å². The second kappa shape index (κ2) is 11.3. The monoisotopic (exact) mass is 558 g/mol. The molecule has 0 saturated heterocycles. The van der Waals surface area contributed by atoms with E-state index in [0.29, 0.717) is 23.1 Å². The van der Waals surface area contributed by atoms with Crippen molar-refractivity contribution in [2.75, 3.05) is 17.7 Å². The standard InChI is InChI=1S/C27H34N4O3S3/c1-5-34-26(33)23-18-11-10-16(4)12-21(18)37-25(23)28-22(32)14-36-27-30-29-24(31(27)15(2)3)19-13-35-20-9-7-6-8-17(19)20/h13,15-16H,5-12,14H2,1-4H3,(H,28,32). The first-order valence-electron chi connectivity index (χ1n) is 13.2. The average molecular weight is 559 g/mol. The summed E-state index contributed by atoms with van der Waals surface area (Å²) in [4.78, 5) is 28.5. The molecule has 3 heterocycles. The number of hydrogen-bond donors (Lipinski definition) is 1. The van der Waals surface area contributed by atoms with Crippen molar-refractivity contribution in [2.45, 2.75) is 83.8 Å². The van der Waals surface area contributed by atoms with Gasteiger partial charge in [-0.15, -0.1) is 32.9 Å². The predicted octanol–water partition coefficient (Wildman–Crippen LogP) is 6.56. The number of thiophene rings is 2. The minimum absolute atomic E-state index is 0.157. The Labute approximate surface area is 230 Å². The normalized spacial score (nSPS) is 16.9. The third-order valence-electron chi connectivity index (χ3n) is 7.06. The van der Waals surface area contributed by atoms with Crippen molar-refractivity contribution in [3.63, 3.8) is 0 Å². The minimum Gasteiger partial charge on any atom is -0.462 e. The molecule has 0 bridgehead atoms. The second-order valence-corrected chi connectivity index (χ2v) is 13.2. The molecule has 5 rings (SSSR count). The van der Waals surface area contributed by atoms with Gasteiger partial charge in [0, 0.05) is 26.7 Å². The molecule has 0 radical (unpaired) electrons. The minimum atomic E-state index is -0.346. The molecular formula is C27H34N4O3S3. The van der Waals surface area contributed by atoms with Gasteiger partial charge in [0.2, 0.25) is 5.91 Å². The first-order chi connectivity index (χ1) is 17.9. The molecule has 0 spiro atoms. The summed E-state index contributed by atoms with van der Waals surface area (Å²) >= 11 is 4.73. The molecule has 0 aliphatic heterocycles. The third-order valence-corrected chi connectivity index (χ3v) is 10.3. The Bertz CT molecular complexity index is 1310. The van der Waals surface area contributed by atoms with Crippen LogP contribution in [0.4, 0.5) is 5.00 Å². The lowest BCUT2D eigenvalue weighted by Crippen LogP contribution is -2.18. The fraction of sp³-hybridized carbons (Fsp3) is 0.556. The number of amides is 1. The zero-order chi connectivity index (χ0) is 26.1. The highest BCUT2D eigenvalue weighted by Crippen LogP contribution is 2.41. The number of nitrogens with one attached hydrogen (secondary N) is 1. The van der Waals surface area contributed by atoms with Gasteiger partial charge in [0.15, 0.2) is 11.0 Å². The number of aryl methyl sites for hydroxylation is 1. The van der Waals surface area contributed by atoms with Crippen molar-refractivity contribution in [2.24, 2.45) is 5.92 Å². The number of aromatic nitrogens is 3. The van der Waals surface area contributed by atoms with E-state index >= 15 is 0 Å². The summed E-state index contributed by atoms with van der Waals surface area (Å²) in [5.74, 6) is 1.15. The number of ether oxygens (including phenoxy) is 1. The van der Waals surface area contributed by atoms with Gasteiger partial charge >= 0.3 is 5.97 Å². The molecule has 3 aromatic rings. The third kappa shape index (κ3) is 5.38. The van der Waals surface area contributed by atoms with Crippen LogP contribution in [-0.4, -0.2) is 39.0 Å². The lowest BCUT2D eigenvalue weighted by molar-refractivity contribution is -0.113. The molecule has 2 aliphatic carbocycles. The van der Waals surface area contributed by atoms with Gasteiger partial charge in [-0.2, -0.15) is 0 Å². The van der Waals surface area contributed by atoms with Crippen molar-refractivity contribution in [1.82, 2.24) is 14.8 Å². The lowest BCUT2D eigenvalue weighted by atomic mass is 9.88. The van der Waals surface area contributed by atoms with Crippen LogP contribution in [0.3, 0.4) is 0 Å². The number of esters is 1. The molecule has 3 aromatic heterocycles. The zero-order valence-electron chi connectivity index (χ0n) is 21.9. The molecule has 1 N–H and O–H groups in total. The summed E-state index contributed by atoms with van der Waals surface area (Å²) in [5, 5.41) is 15.6. The molecule has 0 saturated carbocycles. The average Bonchev–Trinajstić information content (AvgIpc) is 3.57. The molecule has 10 heteroatoms. The maximum Gasteiger partial charge on any atom is 0.341 e. The van der Waals surface area contributed by atoms with Crippen LogP contribution in [-0.2, 0) is 35.2 Å². The van der Waals surface area contributed by atoms with Crippen LogP contribution in [0.2, 0.25) is 0 Å². The first-order valence-corrected chi connectivity index (χ1v) is 15.8. The fourth-order valence-corrected chi connectivity index (χ4v) is 8.66. The van der Waals surface area contributed by atoms with E-state index in [1.807, 2.05) is 11.3 Å². The van der Waals surface area contributed by atoms with Crippen molar-refractivity contribution in [1.29, 1.82) is 0 Å². The smallest absolute Gasteiger partial charge is 0.341 e. The van der Waals surface area contributed by atoms with E-state index in [-0.39, 0.29) is 23.7 Å². The molecule has 1 amide bonds. The summed E-state index contributed by atoms with van der Waals surface area (Å²) in [6.45, 7) is 8.59. The molecule has 0 fully saturated rings. The van der Waals surface area contributed by atoms with Gasteiger partial charge in [0.1, 0.15) is 5.00 Å². The van der Waals surface area contributed by atoms with E-state index < -0.39 is 0 Å². The number of carbonyl (C=O) groups is 2. The molecule has 0 aromatic carbocycles. The zero-order valence-corrected chi connectivity index (χ0v) is 24.3. The van der Waals surface area contributed by atoms with Gasteiger partial charge in [-0.25, -0.2) is 4.79 Å². The van der Waals surface area contributed by atoms with Gasteiger partial charge in [0.05, 0.1) is 17.9 Å². The Morgan fingerprint density at radius 1 is 1.19 bits per heavy atom. The van der Waals surface area contributed by atoms with Crippen LogP contribution in [0.5, 0.6) is 0 Å². The molecule has 198 valence electrons. The summed E-state index contributed by atoms with van der Waals surface area (Å²) in [6.07, 6.45) is 7.53. The van der Waals surface area contributed by atoms with Crippen molar-refractivity contribution >= 4 is 51.3 Å². The molecule has 37 heavy (non-hydrogen) atoms. The Kier molecular flexibility index (Phi) is 8.07. The quantitative estimate of drug-likeness (QED) is 0.249. The van der Waals surface area contributed by atoms with Crippen LogP contribution < -0.4 is 5.32 Å². The van der Waals surface area contributed by atoms with Gasteiger partial charge in [0.25, 0.3) is 0 Å². The molecular weight excluding hydrogens is 525 g/mol. The molecule has 2 aliphatic rings. The number of thioether (sulfide) groups is 1. The predicted molar refractivity (Wildman–Crippen MR) is 151 cm³/mol. The van der Waals surface area contributed by atoms with Gasteiger partial charge in [-0.05, 0) is 82.8 Å². The van der Waals surface area contributed by atoms with E-state index in [4.69, 9.17) is 4.74 Å². The summed E-state index contributed by atoms with van der Waals surface area (Å²) in [7, 11) is 0. The van der Waals surface area contributed by atoms with Crippen molar-refractivity contribution < 1.29 is 14.3 Å². The van der Waals surface area contributed by atoms with E-state index in [9.17, 15) is 9.59 Å². The Morgan fingerprint density at radius 3 is 2.78 bits per heavy atom. The largest absolute Gasteiger partial charge is 0.462 e. The van der Waals surface area contributed by atoms with E-state index in [0.717, 1.165) is 48.6 Å². The van der Waals surface area contributed by atoms with Gasteiger partial charge < -0.3 is 10.1 Å². The van der Waals surface area contributed by atoms with Crippen LogP contribution in [0.25, 0.3) is 11.4 Å². The number of carbonyl (C=O) groups excluding carboxylic acids is 2. The summed E-state index contributed by atoms with van der Waals surface area (Å²) in [6, 6.07) is 0.163. The first kappa shape index (κ1) is 26.4. The Balaban J connectivity index is 1.34. The topological polar surface area (TPSA) is 86.1 Å². The highest BCUT2D eigenvalue weighted by Gasteiger charge is 2.29. The number of fused-ring (bicyclic) bond motifs is 2. The summed E-state index contributed by atoms with van der Waals surface area (Å²) < 4.78 is 7.48. The fourth-order valence-electron chi connectivity index (χ4n) is 5.26. The molecule has 1 unspecified atom stereocenters. The van der Waals surface area contributed by atoms with E-state index in [2.05, 4.69) is 46.2 Å². The molecule has 1 atom stereocenters. The SMILES string of the molecule is CCOC(=O)c1c(NC(=O)CSc2nnc(-c3csc4c3CCCC4)n2C(C)C)sc2c1CCC(C)C2. The van der Waals surface area contributed by atoms with Gasteiger partial charge in [-0.3, -0.25) is 9.36 Å². The van der Waals surface area contributed by atoms with Crippen molar-refractivity contribution in [3.8, 4) is 11.4 Å². The molecule has 7 nitrogen and oxygen atoms in total. The number of nitrogens with zero attached hydrogens (tertiary/aromatic N) is 3. The Morgan fingerprint density at radius 2 is 2.00 bits per heavy atom. The highest BCUT2D eigenvalue weighted by atomic mass is 32.2. The highest BCUT2D eigenvalue weighted by molar-refractivity contribution is 7.99. The van der Waals surface area contributed by atoms with E-state index in [1.165, 1.54) is 56.8 Å². The van der Waals surface area contributed by atoms with E-state index in [1.54, 1.807) is 6.92 Å². The number of anilines is 1. The number of hydrogen-bond acceptors (Lipinski definition) is 8. The maximum atomic E-state index is 13.1. The lowest BCUT2D eigenvalue weighted by Gasteiger charge is -2.18. The van der Waals surface area contributed by atoms with Crippen LogP contribution in [0, 0.1) is 5.92 Å². The van der Waals surface area contributed by atoms with Crippen LogP contribution in [0.15, 0.2) is 10.5 Å². The van der Waals surface area contributed by atoms with Crippen LogP contribution in [0.1, 0.15) is 84.2 Å². The maximum absolute atomic E-state index is 13.1. The van der Waals surface area contributed by atoms with Crippen molar-refractivity contribution in [3.05, 3.63) is 31.8 Å². The second-order valence-electron chi connectivity index (χ2n) is 10.1. The summed E-state index contributed by atoms with van der Waals surface area (Å²) in [5.41, 5.74) is 4.20.